The van der Waals surface area contributed by atoms with Crippen molar-refractivity contribution < 1.29 is 9.90 Å². The molecule has 0 atom stereocenters. The molecule has 1 aromatic rings. The lowest BCUT2D eigenvalue weighted by Crippen LogP contribution is -1.97. The molecule has 0 aromatic carbocycles. The van der Waals surface area contributed by atoms with Gasteiger partial charge in [-0.3, -0.25) is 4.79 Å². The molecule has 1 heterocycles. The highest BCUT2D eigenvalue weighted by atomic mass is 32.1. The fraction of sp³-hybridized carbons (Fsp3) is 0.200. The van der Waals surface area contributed by atoms with Gasteiger partial charge < -0.3 is 5.11 Å². The number of aryl methyl sites for hydroxylation is 1. The number of ketones is 1. The highest BCUT2D eigenvalue weighted by Gasteiger charge is 2.13. The SMILES string of the molecule is CC(=O)C(C#N)=C(O)c1ccc(C)s1. The lowest BCUT2D eigenvalue weighted by Gasteiger charge is -1.97. The number of carbonyl (C=O) groups is 1. The van der Waals surface area contributed by atoms with Crippen molar-refractivity contribution in [2.45, 2.75) is 13.8 Å². The maximum absolute atomic E-state index is 11.0. The molecular weight excluding hydrogens is 198 g/mol. The molecule has 0 fully saturated rings. The number of nitrogens with zero attached hydrogens (tertiary/aromatic N) is 1. The normalized spacial score (nSPS) is 11.8. The summed E-state index contributed by atoms with van der Waals surface area (Å²) in [6.07, 6.45) is 0. The van der Waals surface area contributed by atoms with E-state index in [0.29, 0.717) is 4.88 Å². The zero-order chi connectivity index (χ0) is 10.7. The minimum atomic E-state index is -0.420. The number of hydrogen-bond donors (Lipinski definition) is 1. The third kappa shape index (κ3) is 2.01. The van der Waals surface area contributed by atoms with Crippen molar-refractivity contribution in [2.75, 3.05) is 0 Å². The van der Waals surface area contributed by atoms with Crippen LogP contribution in [0.3, 0.4) is 0 Å². The van der Waals surface area contributed by atoms with Crippen molar-refractivity contribution in [2.24, 2.45) is 0 Å². The predicted molar refractivity (Wildman–Crippen MR) is 54.9 cm³/mol. The van der Waals surface area contributed by atoms with E-state index in [-0.39, 0.29) is 11.3 Å². The Labute approximate surface area is 85.9 Å². The van der Waals surface area contributed by atoms with Gasteiger partial charge in [-0.1, -0.05) is 0 Å². The second kappa shape index (κ2) is 4.07. The Morgan fingerprint density at radius 2 is 2.21 bits per heavy atom. The molecule has 0 spiro atoms. The third-order valence-corrected chi connectivity index (χ3v) is 2.68. The first-order valence-electron chi connectivity index (χ1n) is 3.97. The van der Waals surface area contributed by atoms with Crippen LogP contribution in [0.15, 0.2) is 17.7 Å². The van der Waals surface area contributed by atoms with Crippen LogP contribution in [0.25, 0.3) is 5.76 Å². The van der Waals surface area contributed by atoms with Gasteiger partial charge in [-0.25, -0.2) is 0 Å². The van der Waals surface area contributed by atoms with Crippen LogP contribution in [0.1, 0.15) is 16.7 Å². The van der Waals surface area contributed by atoms with Crippen LogP contribution in [0.4, 0.5) is 0 Å². The van der Waals surface area contributed by atoms with E-state index in [4.69, 9.17) is 5.26 Å². The molecule has 0 amide bonds. The van der Waals surface area contributed by atoms with E-state index in [1.54, 1.807) is 12.1 Å². The maximum atomic E-state index is 11.0. The van der Waals surface area contributed by atoms with Crippen molar-refractivity contribution in [3.63, 3.8) is 0 Å². The summed E-state index contributed by atoms with van der Waals surface area (Å²) in [5.41, 5.74) is -0.188. The number of allylic oxidation sites excluding steroid dienone is 1. The predicted octanol–water partition coefficient (Wildman–Crippen LogP) is 2.44. The van der Waals surface area contributed by atoms with E-state index < -0.39 is 5.78 Å². The largest absolute Gasteiger partial charge is 0.505 e. The summed E-state index contributed by atoms with van der Waals surface area (Å²) in [6.45, 7) is 3.15. The van der Waals surface area contributed by atoms with Gasteiger partial charge in [-0.2, -0.15) is 5.26 Å². The lowest BCUT2D eigenvalue weighted by molar-refractivity contribution is -0.113. The van der Waals surface area contributed by atoms with Gasteiger partial charge in [0.2, 0.25) is 0 Å². The van der Waals surface area contributed by atoms with Gasteiger partial charge in [-0.15, -0.1) is 11.3 Å². The van der Waals surface area contributed by atoms with E-state index in [9.17, 15) is 9.90 Å². The van der Waals surface area contributed by atoms with Crippen LogP contribution in [-0.2, 0) is 4.79 Å². The summed E-state index contributed by atoms with van der Waals surface area (Å²) < 4.78 is 0. The van der Waals surface area contributed by atoms with Crippen molar-refractivity contribution in [3.05, 3.63) is 27.5 Å². The van der Waals surface area contributed by atoms with Crippen LogP contribution >= 0.6 is 11.3 Å². The van der Waals surface area contributed by atoms with Crippen molar-refractivity contribution in [3.8, 4) is 6.07 Å². The van der Waals surface area contributed by atoms with E-state index in [0.717, 1.165) is 4.88 Å². The number of thiophene rings is 1. The van der Waals surface area contributed by atoms with Crippen molar-refractivity contribution in [1.29, 1.82) is 5.26 Å². The molecular formula is C10H9NO2S. The Hall–Kier alpha value is -1.60. The van der Waals surface area contributed by atoms with Gasteiger partial charge in [0.05, 0.1) is 4.88 Å². The molecule has 4 heteroatoms. The molecule has 1 N–H and O–H groups in total. The van der Waals surface area contributed by atoms with Gasteiger partial charge in [0.1, 0.15) is 11.6 Å². The average molecular weight is 207 g/mol. The van der Waals surface area contributed by atoms with E-state index in [1.807, 2.05) is 13.0 Å². The van der Waals surface area contributed by atoms with Crippen LogP contribution in [0.2, 0.25) is 0 Å². The summed E-state index contributed by atoms with van der Waals surface area (Å²) in [7, 11) is 0. The number of nitriles is 1. The highest BCUT2D eigenvalue weighted by Crippen LogP contribution is 2.24. The number of rotatable bonds is 2. The first-order valence-corrected chi connectivity index (χ1v) is 4.79. The van der Waals surface area contributed by atoms with E-state index in [2.05, 4.69) is 0 Å². The molecule has 0 aliphatic heterocycles. The fourth-order valence-corrected chi connectivity index (χ4v) is 1.80. The van der Waals surface area contributed by atoms with E-state index >= 15 is 0 Å². The highest BCUT2D eigenvalue weighted by molar-refractivity contribution is 7.13. The summed E-state index contributed by atoms with van der Waals surface area (Å²) in [5.74, 6) is -0.644. The summed E-state index contributed by atoms with van der Waals surface area (Å²) in [4.78, 5) is 12.5. The molecule has 0 aliphatic carbocycles. The molecule has 14 heavy (non-hydrogen) atoms. The Balaban J connectivity index is 3.22. The van der Waals surface area contributed by atoms with Crippen LogP contribution in [0, 0.1) is 18.3 Å². The Morgan fingerprint density at radius 1 is 1.57 bits per heavy atom. The standard InChI is InChI=1S/C10H9NO2S/c1-6-3-4-9(14-6)10(13)8(5-11)7(2)12/h3-4,13H,1-2H3. The minimum Gasteiger partial charge on any atom is -0.505 e. The molecule has 0 saturated carbocycles. The molecule has 0 bridgehead atoms. The second-order valence-corrected chi connectivity index (χ2v) is 4.09. The van der Waals surface area contributed by atoms with Gasteiger partial charge in [-0.05, 0) is 19.1 Å². The lowest BCUT2D eigenvalue weighted by atomic mass is 10.1. The van der Waals surface area contributed by atoms with Crippen LogP contribution < -0.4 is 0 Å². The summed E-state index contributed by atoms with van der Waals surface area (Å²) in [5, 5.41) is 18.3. The molecule has 1 aromatic heterocycles. The quantitative estimate of drug-likeness (QED) is 0.460. The zero-order valence-electron chi connectivity index (χ0n) is 7.87. The number of carbonyl (C=O) groups excluding carboxylic acids is 1. The van der Waals surface area contributed by atoms with E-state index in [1.165, 1.54) is 18.3 Å². The Kier molecular flexibility index (Phi) is 3.05. The van der Waals surface area contributed by atoms with Gasteiger partial charge in [0.15, 0.2) is 11.5 Å². The number of aliphatic hydroxyl groups excluding tert-OH is 1. The maximum Gasteiger partial charge on any atom is 0.174 e. The molecule has 3 nitrogen and oxygen atoms in total. The summed E-state index contributed by atoms with van der Waals surface area (Å²) >= 11 is 1.35. The number of hydrogen-bond acceptors (Lipinski definition) is 4. The summed E-state index contributed by atoms with van der Waals surface area (Å²) in [6, 6.07) is 5.21. The topological polar surface area (TPSA) is 61.1 Å². The van der Waals surface area contributed by atoms with Gasteiger partial charge in [0.25, 0.3) is 0 Å². The zero-order valence-corrected chi connectivity index (χ0v) is 8.68. The molecule has 0 aliphatic rings. The molecule has 1 rings (SSSR count). The van der Waals surface area contributed by atoms with Crippen molar-refractivity contribution >= 4 is 22.9 Å². The minimum absolute atomic E-state index is 0.188. The van der Waals surface area contributed by atoms with Gasteiger partial charge >= 0.3 is 0 Å². The smallest absolute Gasteiger partial charge is 0.174 e. The number of Topliss-reactive ketones (excluding diaryl/α,β-unsaturated/α-hetero) is 1. The first kappa shape index (κ1) is 10.5. The third-order valence-electron chi connectivity index (χ3n) is 1.67. The second-order valence-electron chi connectivity index (χ2n) is 2.80. The average Bonchev–Trinajstić information content (AvgIpc) is 2.52. The molecule has 0 radical (unpaired) electrons. The van der Waals surface area contributed by atoms with Crippen molar-refractivity contribution in [1.82, 2.24) is 0 Å². The first-order chi connectivity index (χ1) is 6.56. The Bertz CT molecular complexity index is 437. The van der Waals surface area contributed by atoms with Gasteiger partial charge in [0, 0.05) is 11.8 Å². The monoisotopic (exact) mass is 207 g/mol. The molecule has 0 unspecified atom stereocenters. The molecule has 72 valence electrons. The number of aliphatic hydroxyl groups is 1. The van der Waals surface area contributed by atoms with Crippen LogP contribution in [0.5, 0.6) is 0 Å². The Morgan fingerprint density at radius 3 is 2.57 bits per heavy atom. The fourth-order valence-electron chi connectivity index (χ4n) is 0.983. The van der Waals surface area contributed by atoms with Crippen LogP contribution in [-0.4, -0.2) is 10.9 Å². The molecule has 0 saturated heterocycles.